The Labute approximate surface area is 114 Å². The molecule has 0 aliphatic heterocycles. The first kappa shape index (κ1) is 13.7. The first-order chi connectivity index (χ1) is 8.86. The van der Waals surface area contributed by atoms with Crippen molar-refractivity contribution in [3.8, 4) is 0 Å². The molecular weight excluding hydrogens is 274 g/mol. The van der Waals surface area contributed by atoms with Crippen molar-refractivity contribution in [3.63, 3.8) is 0 Å². The molecule has 1 N–H and O–H groups in total. The topological polar surface area (TPSA) is 37.3 Å². The van der Waals surface area contributed by atoms with Gasteiger partial charge in [0.05, 0.1) is 5.03 Å². The van der Waals surface area contributed by atoms with Gasteiger partial charge in [-0.25, -0.2) is 8.78 Å². The van der Waals surface area contributed by atoms with Crippen molar-refractivity contribution in [1.82, 2.24) is 0 Å². The van der Waals surface area contributed by atoms with Crippen LogP contribution in [-0.2, 0) is 10.5 Å². The molecule has 5 heteroatoms. The van der Waals surface area contributed by atoms with Gasteiger partial charge in [0.2, 0.25) is 0 Å². The summed E-state index contributed by atoms with van der Waals surface area (Å²) in [5.41, 5.74) is -1.51. The molecule has 2 atom stereocenters. The van der Waals surface area contributed by atoms with E-state index in [0.717, 1.165) is 6.08 Å². The van der Waals surface area contributed by atoms with E-state index in [4.69, 9.17) is 16.7 Å². The van der Waals surface area contributed by atoms with Crippen LogP contribution in [0.2, 0.25) is 0 Å². The highest BCUT2D eigenvalue weighted by Gasteiger charge is 2.41. The average molecular weight is 285 g/mol. The van der Waals surface area contributed by atoms with E-state index < -0.39 is 23.4 Å². The third-order valence-corrected chi connectivity index (χ3v) is 3.50. The maximum Gasteiger partial charge on any atom is 0.317 e. The van der Waals surface area contributed by atoms with Gasteiger partial charge in [-0.2, -0.15) is 0 Å². The summed E-state index contributed by atoms with van der Waals surface area (Å²) in [5.74, 6) is -3.98. The molecule has 19 heavy (non-hydrogen) atoms. The van der Waals surface area contributed by atoms with Crippen LogP contribution < -0.4 is 0 Å². The largest absolute Gasteiger partial charge is 0.480 e. The molecule has 1 aliphatic rings. The molecule has 2 rings (SSSR count). The van der Waals surface area contributed by atoms with Gasteiger partial charge in [0.1, 0.15) is 11.7 Å². The second kappa shape index (κ2) is 4.78. The Morgan fingerprint density at radius 2 is 2.05 bits per heavy atom. The smallest absolute Gasteiger partial charge is 0.317 e. The lowest BCUT2D eigenvalue weighted by Gasteiger charge is -2.28. The lowest BCUT2D eigenvalue weighted by Crippen LogP contribution is -2.27. The zero-order valence-electron chi connectivity index (χ0n) is 10.0. The van der Waals surface area contributed by atoms with Crippen LogP contribution in [-0.4, -0.2) is 11.1 Å². The molecule has 1 aromatic carbocycles. The SMILES string of the molecule is Cc1ccccc1C1(F)C=C(F)C(C(=O)O)C=C1Cl. The number of allylic oxidation sites excluding steroid dienone is 2. The minimum absolute atomic E-state index is 0.204. The van der Waals surface area contributed by atoms with Crippen LogP contribution in [0.4, 0.5) is 8.78 Å². The highest BCUT2D eigenvalue weighted by molar-refractivity contribution is 6.31. The monoisotopic (exact) mass is 284 g/mol. The number of halogens is 3. The van der Waals surface area contributed by atoms with E-state index in [0.29, 0.717) is 11.6 Å². The Balaban J connectivity index is 2.55. The molecule has 0 spiro atoms. The van der Waals surface area contributed by atoms with E-state index in [-0.39, 0.29) is 10.6 Å². The molecule has 0 fully saturated rings. The summed E-state index contributed by atoms with van der Waals surface area (Å²) in [6.45, 7) is 1.68. The highest BCUT2D eigenvalue weighted by Crippen LogP contribution is 2.45. The van der Waals surface area contributed by atoms with Crippen LogP contribution in [0.5, 0.6) is 0 Å². The molecule has 0 saturated carbocycles. The third-order valence-electron chi connectivity index (χ3n) is 3.10. The first-order valence-electron chi connectivity index (χ1n) is 5.60. The summed E-state index contributed by atoms with van der Waals surface area (Å²) >= 11 is 5.85. The zero-order valence-corrected chi connectivity index (χ0v) is 10.8. The van der Waals surface area contributed by atoms with E-state index in [1.165, 1.54) is 6.07 Å². The number of benzene rings is 1. The van der Waals surface area contributed by atoms with Gasteiger partial charge in [-0.05, 0) is 24.6 Å². The second-order valence-corrected chi connectivity index (χ2v) is 4.79. The van der Waals surface area contributed by atoms with Crippen LogP contribution in [0.3, 0.4) is 0 Å². The van der Waals surface area contributed by atoms with Crippen LogP contribution in [0.1, 0.15) is 11.1 Å². The van der Waals surface area contributed by atoms with Crippen molar-refractivity contribution in [2.45, 2.75) is 12.6 Å². The molecule has 1 aromatic rings. The lowest BCUT2D eigenvalue weighted by atomic mass is 9.85. The van der Waals surface area contributed by atoms with Crippen LogP contribution >= 0.6 is 11.6 Å². The van der Waals surface area contributed by atoms with E-state index in [9.17, 15) is 13.6 Å². The summed E-state index contributed by atoms with van der Waals surface area (Å²) in [6.07, 6.45) is 1.53. The molecule has 0 amide bonds. The molecule has 0 radical (unpaired) electrons. The normalized spacial score (nSPS) is 26.6. The predicted octanol–water partition coefficient (Wildman–Crippen LogP) is 3.85. The van der Waals surface area contributed by atoms with Crippen LogP contribution in [0.25, 0.3) is 0 Å². The van der Waals surface area contributed by atoms with Crippen LogP contribution in [0.15, 0.2) is 47.3 Å². The number of carboxylic acid groups (broad SMARTS) is 1. The van der Waals surface area contributed by atoms with Gasteiger partial charge >= 0.3 is 5.97 Å². The van der Waals surface area contributed by atoms with Gasteiger partial charge in [0.15, 0.2) is 5.67 Å². The van der Waals surface area contributed by atoms with Gasteiger partial charge < -0.3 is 5.11 Å². The maximum atomic E-state index is 14.9. The first-order valence-corrected chi connectivity index (χ1v) is 5.98. The molecule has 0 aromatic heterocycles. The fourth-order valence-electron chi connectivity index (χ4n) is 2.07. The Morgan fingerprint density at radius 3 is 2.63 bits per heavy atom. The summed E-state index contributed by atoms with van der Waals surface area (Å²) in [5, 5.41) is 8.48. The standard InChI is InChI=1S/C14H11ClF2O2/c1-8-4-2-3-5-10(8)14(17)7-11(16)9(13(18)19)6-12(14)15/h2-7,9H,1H3,(H,18,19). The molecule has 0 saturated heterocycles. The second-order valence-electron chi connectivity index (χ2n) is 4.39. The van der Waals surface area contributed by atoms with Gasteiger partial charge in [-0.3, -0.25) is 4.79 Å². The average Bonchev–Trinajstić information content (AvgIpc) is 2.34. The number of carboxylic acids is 1. The van der Waals surface area contributed by atoms with E-state index in [1.807, 2.05) is 0 Å². The molecule has 2 unspecified atom stereocenters. The molecule has 1 aliphatic carbocycles. The molecule has 0 bridgehead atoms. The number of hydrogen-bond acceptors (Lipinski definition) is 1. The van der Waals surface area contributed by atoms with E-state index in [2.05, 4.69) is 0 Å². The Hall–Kier alpha value is -1.68. The van der Waals surface area contributed by atoms with Crippen molar-refractivity contribution < 1.29 is 18.7 Å². The highest BCUT2D eigenvalue weighted by atomic mass is 35.5. The number of aryl methyl sites for hydroxylation is 1. The van der Waals surface area contributed by atoms with Crippen molar-refractivity contribution >= 4 is 17.6 Å². The Morgan fingerprint density at radius 1 is 1.42 bits per heavy atom. The van der Waals surface area contributed by atoms with Crippen molar-refractivity contribution in [3.05, 3.63) is 58.4 Å². The van der Waals surface area contributed by atoms with Crippen LogP contribution in [0, 0.1) is 12.8 Å². The number of hydrogen-bond donors (Lipinski definition) is 1. The summed E-state index contributed by atoms with van der Waals surface area (Å²) in [6, 6.07) is 6.51. The number of rotatable bonds is 2. The Bertz CT molecular complexity index is 595. The van der Waals surface area contributed by atoms with E-state index >= 15 is 0 Å². The fraction of sp³-hybridized carbons (Fsp3) is 0.214. The number of alkyl halides is 1. The third kappa shape index (κ3) is 2.28. The minimum Gasteiger partial charge on any atom is -0.480 e. The maximum absolute atomic E-state index is 14.9. The summed E-state index contributed by atoms with van der Waals surface area (Å²) in [4.78, 5) is 10.8. The number of aliphatic carboxylic acids is 1. The van der Waals surface area contributed by atoms with Crippen molar-refractivity contribution in [1.29, 1.82) is 0 Å². The quantitative estimate of drug-likeness (QED) is 0.895. The fourth-order valence-corrected chi connectivity index (χ4v) is 2.36. The van der Waals surface area contributed by atoms with Gasteiger partial charge in [-0.1, -0.05) is 35.9 Å². The summed E-state index contributed by atoms with van der Waals surface area (Å²) < 4.78 is 28.7. The molecule has 0 heterocycles. The predicted molar refractivity (Wildman–Crippen MR) is 68.2 cm³/mol. The van der Waals surface area contributed by atoms with Crippen molar-refractivity contribution in [2.75, 3.05) is 0 Å². The minimum atomic E-state index is -2.32. The lowest BCUT2D eigenvalue weighted by molar-refractivity contribution is -0.139. The number of carbonyl (C=O) groups is 1. The van der Waals surface area contributed by atoms with E-state index in [1.54, 1.807) is 25.1 Å². The van der Waals surface area contributed by atoms with Gasteiger partial charge in [0, 0.05) is 5.56 Å². The van der Waals surface area contributed by atoms with Gasteiger partial charge in [-0.15, -0.1) is 0 Å². The van der Waals surface area contributed by atoms with Crippen molar-refractivity contribution in [2.24, 2.45) is 5.92 Å². The molecular formula is C14H11ClF2O2. The molecule has 100 valence electrons. The molecule has 2 nitrogen and oxygen atoms in total. The summed E-state index contributed by atoms with van der Waals surface area (Å²) in [7, 11) is 0. The Kier molecular flexibility index (Phi) is 3.45. The zero-order chi connectivity index (χ0) is 14.2. The van der Waals surface area contributed by atoms with Gasteiger partial charge in [0.25, 0.3) is 0 Å².